The molecule has 0 bridgehead atoms. The smallest absolute Gasteiger partial charge is 0.324 e. The van der Waals surface area contributed by atoms with Gasteiger partial charge < -0.3 is 9.26 Å². The molecule has 3 aromatic rings. The van der Waals surface area contributed by atoms with Gasteiger partial charge in [0.2, 0.25) is 15.8 Å². The number of esters is 1. The number of ketones is 1. The summed E-state index contributed by atoms with van der Waals surface area (Å²) in [5.41, 5.74) is 1.78. The summed E-state index contributed by atoms with van der Waals surface area (Å²) in [7, 11) is -3.93. The van der Waals surface area contributed by atoms with Crippen LogP contribution in [0.1, 0.15) is 41.4 Å². The van der Waals surface area contributed by atoms with E-state index in [1.54, 1.807) is 62.6 Å². The van der Waals surface area contributed by atoms with E-state index in [0.717, 1.165) is 5.69 Å². The molecule has 0 amide bonds. The molecule has 3 rings (SSSR count). The van der Waals surface area contributed by atoms with Crippen LogP contribution in [-0.2, 0) is 19.6 Å². The van der Waals surface area contributed by atoms with Crippen LogP contribution >= 0.6 is 0 Å². The van der Waals surface area contributed by atoms with Gasteiger partial charge in [-0.15, -0.1) is 0 Å². The largest absolute Gasteiger partial charge is 0.456 e. The van der Waals surface area contributed by atoms with Gasteiger partial charge in [0.25, 0.3) is 0 Å². The topological polar surface area (TPSA) is 120 Å². The van der Waals surface area contributed by atoms with Gasteiger partial charge in [0.1, 0.15) is 11.8 Å². The van der Waals surface area contributed by atoms with Gasteiger partial charge in [-0.05, 0) is 44.9 Å². The highest BCUT2D eigenvalue weighted by atomic mass is 32.2. The lowest BCUT2D eigenvalue weighted by molar-refractivity contribution is -0.145. The number of nitrogens with zero attached hydrogens (tertiary/aromatic N) is 2. The van der Waals surface area contributed by atoms with Gasteiger partial charge in [-0.2, -0.15) is 4.72 Å². The summed E-state index contributed by atoms with van der Waals surface area (Å²) >= 11 is 0. The SMILES string of the molecule is Cc1cc(-n2c(C)cc(C(=O)COC(=O)[C@@H](NS(=O)(=O)c3ccccc3)C(C)C)c2C)no1. The molecule has 176 valence electrons. The summed E-state index contributed by atoms with van der Waals surface area (Å²) in [4.78, 5) is 25.5. The average molecular weight is 474 g/mol. The maximum Gasteiger partial charge on any atom is 0.324 e. The molecule has 2 heterocycles. The van der Waals surface area contributed by atoms with Crippen molar-refractivity contribution in [3.05, 3.63) is 65.2 Å². The summed E-state index contributed by atoms with van der Waals surface area (Å²) in [5.74, 6) is -0.438. The van der Waals surface area contributed by atoms with Crippen LogP contribution in [0.15, 0.2) is 51.9 Å². The number of aromatic nitrogens is 2. The normalized spacial score (nSPS) is 12.7. The minimum absolute atomic E-state index is 0.0371. The quantitative estimate of drug-likeness (QED) is 0.374. The summed E-state index contributed by atoms with van der Waals surface area (Å²) in [6.45, 7) is 8.22. The number of benzene rings is 1. The second-order valence-electron chi connectivity index (χ2n) is 8.10. The van der Waals surface area contributed by atoms with Gasteiger partial charge in [-0.25, -0.2) is 8.42 Å². The van der Waals surface area contributed by atoms with E-state index in [4.69, 9.17) is 9.26 Å². The van der Waals surface area contributed by atoms with E-state index in [9.17, 15) is 18.0 Å². The molecule has 0 spiro atoms. The fraction of sp³-hybridized carbons (Fsp3) is 0.348. The number of rotatable bonds is 9. The lowest BCUT2D eigenvalue weighted by atomic mass is 10.1. The van der Waals surface area contributed by atoms with Crippen molar-refractivity contribution < 1.29 is 27.3 Å². The number of hydrogen-bond donors (Lipinski definition) is 1. The Kier molecular flexibility index (Phi) is 7.19. The zero-order chi connectivity index (χ0) is 24.3. The van der Waals surface area contributed by atoms with E-state index in [1.807, 2.05) is 6.92 Å². The zero-order valence-electron chi connectivity index (χ0n) is 19.2. The number of hydrogen-bond acceptors (Lipinski definition) is 7. The van der Waals surface area contributed by atoms with E-state index < -0.39 is 40.3 Å². The Hall–Kier alpha value is -3.24. The third kappa shape index (κ3) is 5.40. The van der Waals surface area contributed by atoms with E-state index in [1.165, 1.54) is 12.1 Å². The average Bonchev–Trinajstić information content (AvgIpc) is 3.32. The van der Waals surface area contributed by atoms with Gasteiger partial charge in [0.15, 0.2) is 12.4 Å². The van der Waals surface area contributed by atoms with Crippen LogP contribution < -0.4 is 4.72 Å². The molecule has 1 atom stereocenters. The molecule has 0 aliphatic rings. The summed E-state index contributed by atoms with van der Waals surface area (Å²) in [6, 6.07) is 10.0. The van der Waals surface area contributed by atoms with Crippen LogP contribution in [0.3, 0.4) is 0 Å². The van der Waals surface area contributed by atoms with Gasteiger partial charge in [-0.1, -0.05) is 37.2 Å². The lowest BCUT2D eigenvalue weighted by Gasteiger charge is -2.20. The van der Waals surface area contributed by atoms with Crippen molar-refractivity contribution >= 4 is 21.8 Å². The fourth-order valence-electron chi connectivity index (χ4n) is 3.45. The van der Waals surface area contributed by atoms with Crippen LogP contribution in [0.4, 0.5) is 0 Å². The summed E-state index contributed by atoms with van der Waals surface area (Å²) < 4.78 is 39.8. The molecule has 33 heavy (non-hydrogen) atoms. The Balaban J connectivity index is 1.72. The fourth-order valence-corrected chi connectivity index (χ4v) is 4.81. The monoisotopic (exact) mass is 473 g/mol. The lowest BCUT2D eigenvalue weighted by Crippen LogP contribution is -2.45. The second-order valence-corrected chi connectivity index (χ2v) is 9.82. The van der Waals surface area contributed by atoms with Crippen LogP contribution in [0.2, 0.25) is 0 Å². The van der Waals surface area contributed by atoms with Gasteiger partial charge in [-0.3, -0.25) is 14.2 Å². The first-order chi connectivity index (χ1) is 15.5. The predicted molar refractivity (Wildman–Crippen MR) is 121 cm³/mol. The molecule has 0 saturated heterocycles. The number of aryl methyl sites for hydroxylation is 2. The Morgan fingerprint density at radius 3 is 2.36 bits per heavy atom. The summed E-state index contributed by atoms with van der Waals surface area (Å²) in [5, 5.41) is 3.98. The van der Waals surface area contributed by atoms with Crippen molar-refractivity contribution in [1.82, 2.24) is 14.4 Å². The number of Topliss-reactive ketones (excluding diaryl/α,β-unsaturated/α-hetero) is 1. The van der Waals surface area contributed by atoms with Crippen molar-refractivity contribution in [2.24, 2.45) is 5.92 Å². The molecule has 1 N–H and O–H groups in total. The number of sulfonamides is 1. The number of carbonyl (C=O) groups excluding carboxylic acids is 2. The number of carbonyl (C=O) groups is 2. The van der Waals surface area contributed by atoms with Crippen molar-refractivity contribution in [2.75, 3.05) is 6.61 Å². The molecule has 2 aromatic heterocycles. The van der Waals surface area contributed by atoms with Crippen LogP contribution in [0.25, 0.3) is 5.82 Å². The second kappa shape index (κ2) is 9.72. The molecule has 10 heteroatoms. The molecule has 0 saturated carbocycles. The first-order valence-electron chi connectivity index (χ1n) is 10.4. The van der Waals surface area contributed by atoms with Crippen LogP contribution in [0, 0.1) is 26.7 Å². The highest BCUT2D eigenvalue weighted by molar-refractivity contribution is 7.89. The minimum atomic E-state index is -3.93. The first kappa shape index (κ1) is 24.4. The predicted octanol–water partition coefficient (Wildman–Crippen LogP) is 3.12. The van der Waals surface area contributed by atoms with Gasteiger partial charge in [0, 0.05) is 23.0 Å². The molecule has 0 radical (unpaired) electrons. The Bertz CT molecular complexity index is 1260. The van der Waals surface area contributed by atoms with Crippen molar-refractivity contribution in [3.8, 4) is 5.82 Å². The number of nitrogens with one attached hydrogen (secondary N) is 1. The third-order valence-electron chi connectivity index (χ3n) is 5.18. The van der Waals surface area contributed by atoms with Crippen molar-refractivity contribution in [2.45, 2.75) is 45.6 Å². The Morgan fingerprint density at radius 2 is 1.79 bits per heavy atom. The van der Waals surface area contributed by atoms with E-state index in [2.05, 4.69) is 9.88 Å². The van der Waals surface area contributed by atoms with Crippen LogP contribution in [0.5, 0.6) is 0 Å². The molecule has 0 aliphatic heterocycles. The number of ether oxygens (including phenoxy) is 1. The van der Waals surface area contributed by atoms with Crippen molar-refractivity contribution in [1.29, 1.82) is 0 Å². The zero-order valence-corrected chi connectivity index (χ0v) is 20.0. The minimum Gasteiger partial charge on any atom is -0.456 e. The standard InChI is InChI=1S/C23H27N3O6S/c1-14(2)22(25-33(29,30)18-9-7-6-8-10-18)23(28)31-13-20(27)19-11-15(3)26(17(19)5)21-12-16(4)32-24-21/h6-12,14,22,25H,13H2,1-5H3/t22-/m0/s1. The Morgan fingerprint density at radius 1 is 1.12 bits per heavy atom. The molecular formula is C23H27N3O6S. The highest BCUT2D eigenvalue weighted by Gasteiger charge is 2.30. The first-order valence-corrected chi connectivity index (χ1v) is 11.9. The van der Waals surface area contributed by atoms with Crippen molar-refractivity contribution in [3.63, 3.8) is 0 Å². The molecule has 1 aromatic carbocycles. The third-order valence-corrected chi connectivity index (χ3v) is 6.63. The molecule has 9 nitrogen and oxygen atoms in total. The molecular weight excluding hydrogens is 446 g/mol. The maximum atomic E-state index is 12.8. The van der Waals surface area contributed by atoms with Crippen LogP contribution in [-0.4, -0.2) is 42.5 Å². The maximum absolute atomic E-state index is 12.8. The summed E-state index contributed by atoms with van der Waals surface area (Å²) in [6.07, 6.45) is 0. The Labute approximate surface area is 192 Å². The van der Waals surface area contributed by atoms with E-state index in [-0.39, 0.29) is 4.90 Å². The molecule has 0 unspecified atom stereocenters. The van der Waals surface area contributed by atoms with E-state index in [0.29, 0.717) is 22.8 Å². The van der Waals surface area contributed by atoms with Gasteiger partial charge in [0.05, 0.1) is 4.90 Å². The highest BCUT2D eigenvalue weighted by Crippen LogP contribution is 2.21. The molecule has 0 fully saturated rings. The molecule has 0 aliphatic carbocycles. The van der Waals surface area contributed by atoms with E-state index >= 15 is 0 Å². The van der Waals surface area contributed by atoms with Gasteiger partial charge >= 0.3 is 5.97 Å².